The topological polar surface area (TPSA) is 70.1 Å². The Balaban J connectivity index is 2.33. The summed E-state index contributed by atoms with van der Waals surface area (Å²) in [6.45, 7) is 0.725. The van der Waals surface area contributed by atoms with E-state index in [0.717, 1.165) is 25.1 Å². The van der Waals surface area contributed by atoms with E-state index in [9.17, 15) is 4.79 Å². The van der Waals surface area contributed by atoms with Crippen LogP contribution in [0.2, 0.25) is 10.2 Å². The number of fused-ring (bicyclic) bond motifs is 1. The van der Waals surface area contributed by atoms with Crippen LogP contribution in [0, 0.1) is 0 Å². The van der Waals surface area contributed by atoms with Gasteiger partial charge in [-0.05, 0) is 25.0 Å². The van der Waals surface area contributed by atoms with Gasteiger partial charge < -0.3 is 15.0 Å². The minimum atomic E-state index is -0.566. The molecule has 0 radical (unpaired) electrons. The van der Waals surface area contributed by atoms with E-state index in [1.807, 2.05) is 10.6 Å². The van der Waals surface area contributed by atoms with Crippen molar-refractivity contribution in [2.24, 2.45) is 5.73 Å². The van der Waals surface area contributed by atoms with Crippen molar-refractivity contribution in [2.75, 3.05) is 7.11 Å². The number of nitrogens with two attached hydrogens (primary N) is 1. The molecule has 7 heteroatoms. The first-order valence-electron chi connectivity index (χ1n) is 6.91. The van der Waals surface area contributed by atoms with Crippen molar-refractivity contribution >= 4 is 29.1 Å². The van der Waals surface area contributed by atoms with E-state index in [0.29, 0.717) is 27.0 Å². The molecule has 2 aromatic rings. The summed E-state index contributed by atoms with van der Waals surface area (Å²) in [5.41, 5.74) is 7.93. The number of amides is 1. The lowest BCUT2D eigenvalue weighted by molar-refractivity contribution is 0.0740. The second-order valence-corrected chi connectivity index (χ2v) is 5.88. The zero-order chi connectivity index (χ0) is 15.9. The number of nitrogens with zero attached hydrogens (tertiary/aromatic N) is 2. The first-order chi connectivity index (χ1) is 10.6. The first kappa shape index (κ1) is 15.3. The van der Waals surface area contributed by atoms with E-state index >= 15 is 0 Å². The number of aromatic nitrogens is 2. The summed E-state index contributed by atoms with van der Waals surface area (Å²) in [7, 11) is 1.61. The minimum Gasteiger partial charge on any atom is -0.375 e. The molecule has 0 bridgehead atoms. The van der Waals surface area contributed by atoms with Crippen LogP contribution in [0.25, 0.3) is 11.3 Å². The van der Waals surface area contributed by atoms with Crippen LogP contribution < -0.4 is 5.73 Å². The number of rotatable bonds is 3. The molecule has 1 atom stereocenters. The fourth-order valence-corrected chi connectivity index (χ4v) is 3.64. The van der Waals surface area contributed by atoms with Crippen LogP contribution in [0.1, 0.15) is 35.0 Å². The molecular formula is C15H15Cl2N3O2. The molecular weight excluding hydrogens is 325 g/mol. The maximum atomic E-state index is 11.9. The Morgan fingerprint density at radius 1 is 1.50 bits per heavy atom. The SMILES string of the molecule is COC1CCCn2c(-c3cccnc3Cl)c(Cl)c(C(N)=O)c21. The van der Waals surface area contributed by atoms with Crippen LogP contribution in [-0.2, 0) is 11.3 Å². The standard InChI is InChI=1S/C15H15Cl2N3O2/c1-22-9-5-3-7-20-12(8-4-2-6-19-14(8)17)11(16)10(13(9)20)15(18)21/h2,4,6,9H,3,5,7H2,1H3,(H2,18,21). The molecule has 22 heavy (non-hydrogen) atoms. The molecule has 116 valence electrons. The Morgan fingerprint density at radius 2 is 2.27 bits per heavy atom. The fourth-order valence-electron chi connectivity index (χ4n) is 3.03. The molecule has 0 fully saturated rings. The van der Waals surface area contributed by atoms with Crippen molar-refractivity contribution in [3.8, 4) is 11.3 Å². The molecule has 0 aliphatic carbocycles. The quantitative estimate of drug-likeness (QED) is 0.870. The third kappa shape index (κ3) is 2.29. The molecule has 3 rings (SSSR count). The Hall–Kier alpha value is -1.56. The second-order valence-electron chi connectivity index (χ2n) is 5.15. The van der Waals surface area contributed by atoms with Gasteiger partial charge in [0, 0.05) is 25.4 Å². The number of carbonyl (C=O) groups is 1. The second kappa shape index (κ2) is 5.91. The zero-order valence-electron chi connectivity index (χ0n) is 12.0. The van der Waals surface area contributed by atoms with Crippen molar-refractivity contribution < 1.29 is 9.53 Å². The maximum absolute atomic E-state index is 11.9. The number of pyridine rings is 1. The third-order valence-electron chi connectivity index (χ3n) is 3.94. The normalized spacial score (nSPS) is 17.3. The van der Waals surface area contributed by atoms with Gasteiger partial charge in [0.2, 0.25) is 0 Å². The number of hydrogen-bond donors (Lipinski definition) is 1. The maximum Gasteiger partial charge on any atom is 0.252 e. The molecule has 3 heterocycles. The lowest BCUT2D eigenvalue weighted by atomic mass is 10.0. The summed E-state index contributed by atoms with van der Waals surface area (Å²) in [5, 5.41) is 0.640. The van der Waals surface area contributed by atoms with Gasteiger partial charge in [-0.2, -0.15) is 0 Å². The molecule has 1 aliphatic heterocycles. The summed E-state index contributed by atoms with van der Waals surface area (Å²) in [6, 6.07) is 3.60. The molecule has 2 N–H and O–H groups in total. The predicted molar refractivity (Wildman–Crippen MR) is 85.2 cm³/mol. The highest BCUT2D eigenvalue weighted by Crippen LogP contribution is 2.43. The highest BCUT2D eigenvalue weighted by molar-refractivity contribution is 6.38. The van der Waals surface area contributed by atoms with Gasteiger partial charge in [-0.25, -0.2) is 4.98 Å². The Morgan fingerprint density at radius 3 is 2.91 bits per heavy atom. The zero-order valence-corrected chi connectivity index (χ0v) is 13.5. The minimum absolute atomic E-state index is 0.210. The largest absolute Gasteiger partial charge is 0.375 e. The van der Waals surface area contributed by atoms with Gasteiger partial charge in [-0.1, -0.05) is 23.2 Å². The van der Waals surface area contributed by atoms with E-state index in [2.05, 4.69) is 4.98 Å². The number of halogens is 2. The molecule has 0 aromatic carbocycles. The Kier molecular flexibility index (Phi) is 4.12. The average Bonchev–Trinajstić information content (AvgIpc) is 2.80. The molecule has 1 aliphatic rings. The molecule has 0 saturated carbocycles. The number of ether oxygens (including phenoxy) is 1. The predicted octanol–water partition coefficient (Wildman–Crippen LogP) is 3.44. The van der Waals surface area contributed by atoms with Gasteiger partial charge in [0.25, 0.3) is 5.91 Å². The van der Waals surface area contributed by atoms with Crippen LogP contribution in [0.3, 0.4) is 0 Å². The Labute approximate surface area is 138 Å². The summed E-state index contributed by atoms with van der Waals surface area (Å²) in [6.07, 6.45) is 3.13. The van der Waals surface area contributed by atoms with Crippen LogP contribution in [0.4, 0.5) is 0 Å². The van der Waals surface area contributed by atoms with Gasteiger partial charge >= 0.3 is 0 Å². The van der Waals surface area contributed by atoms with Crippen LogP contribution in [-0.4, -0.2) is 22.6 Å². The van der Waals surface area contributed by atoms with Gasteiger partial charge in [-0.3, -0.25) is 4.79 Å². The van der Waals surface area contributed by atoms with E-state index in [-0.39, 0.29) is 6.10 Å². The summed E-state index contributed by atoms with van der Waals surface area (Å²) < 4.78 is 7.48. The number of carbonyl (C=O) groups excluding carboxylic acids is 1. The first-order valence-corrected chi connectivity index (χ1v) is 7.67. The van der Waals surface area contributed by atoms with E-state index < -0.39 is 5.91 Å². The van der Waals surface area contributed by atoms with Crippen LogP contribution in [0.5, 0.6) is 0 Å². The number of methoxy groups -OCH3 is 1. The van der Waals surface area contributed by atoms with Crippen molar-refractivity contribution in [3.63, 3.8) is 0 Å². The molecule has 0 spiro atoms. The molecule has 1 unspecified atom stereocenters. The van der Waals surface area contributed by atoms with Gasteiger partial charge in [-0.15, -0.1) is 0 Å². The van der Waals surface area contributed by atoms with Crippen molar-refractivity contribution in [1.82, 2.24) is 9.55 Å². The molecule has 2 aromatic heterocycles. The van der Waals surface area contributed by atoms with Gasteiger partial charge in [0.15, 0.2) is 0 Å². The summed E-state index contributed by atoms with van der Waals surface area (Å²) in [4.78, 5) is 16.0. The van der Waals surface area contributed by atoms with E-state index in [1.54, 1.807) is 19.4 Å². The molecule has 0 saturated heterocycles. The van der Waals surface area contributed by atoms with Crippen molar-refractivity contribution in [3.05, 3.63) is 39.8 Å². The lowest BCUT2D eigenvalue weighted by Crippen LogP contribution is -2.22. The highest BCUT2D eigenvalue weighted by atomic mass is 35.5. The van der Waals surface area contributed by atoms with Crippen LogP contribution in [0.15, 0.2) is 18.3 Å². The van der Waals surface area contributed by atoms with Crippen molar-refractivity contribution in [2.45, 2.75) is 25.5 Å². The smallest absolute Gasteiger partial charge is 0.252 e. The molecule has 5 nitrogen and oxygen atoms in total. The lowest BCUT2D eigenvalue weighted by Gasteiger charge is -2.26. The van der Waals surface area contributed by atoms with Gasteiger partial charge in [0.1, 0.15) is 5.15 Å². The number of hydrogen-bond acceptors (Lipinski definition) is 3. The summed E-state index contributed by atoms with van der Waals surface area (Å²) >= 11 is 12.7. The van der Waals surface area contributed by atoms with E-state index in [1.165, 1.54) is 0 Å². The number of primary amides is 1. The van der Waals surface area contributed by atoms with Crippen molar-refractivity contribution in [1.29, 1.82) is 0 Å². The monoisotopic (exact) mass is 339 g/mol. The van der Waals surface area contributed by atoms with E-state index in [4.69, 9.17) is 33.7 Å². The fraction of sp³-hybridized carbons (Fsp3) is 0.333. The summed E-state index contributed by atoms with van der Waals surface area (Å²) in [5.74, 6) is -0.566. The Bertz CT molecular complexity index is 743. The third-order valence-corrected chi connectivity index (χ3v) is 4.61. The molecule has 1 amide bonds. The van der Waals surface area contributed by atoms with Gasteiger partial charge in [0.05, 0.1) is 28.1 Å². The highest BCUT2D eigenvalue weighted by Gasteiger charge is 2.33. The average molecular weight is 340 g/mol. The van der Waals surface area contributed by atoms with Crippen LogP contribution >= 0.6 is 23.2 Å².